The summed E-state index contributed by atoms with van der Waals surface area (Å²) in [4.78, 5) is 19.2. The van der Waals surface area contributed by atoms with E-state index in [0.717, 1.165) is 46.0 Å². The summed E-state index contributed by atoms with van der Waals surface area (Å²) in [6, 6.07) is 25.0. The Labute approximate surface area is 241 Å². The number of hydrogen-bond donors (Lipinski definition) is 1. The zero-order valence-electron chi connectivity index (χ0n) is 21.5. The van der Waals surface area contributed by atoms with Gasteiger partial charge in [0.2, 0.25) is 0 Å². The smallest absolute Gasteiger partial charge is 0.358 e. The van der Waals surface area contributed by atoms with Crippen LogP contribution in [-0.4, -0.2) is 53.0 Å². The third kappa shape index (κ3) is 8.92. The molecule has 0 saturated heterocycles. The Balaban J connectivity index is 0.000000495. The Hall–Kier alpha value is -3.18. The second-order valence-corrected chi connectivity index (χ2v) is 10.2. The van der Waals surface area contributed by atoms with Gasteiger partial charge in [-0.15, -0.1) is 0 Å². The van der Waals surface area contributed by atoms with E-state index in [1.165, 1.54) is 12.8 Å². The topological polar surface area (TPSA) is 105 Å². The van der Waals surface area contributed by atoms with E-state index in [1.54, 1.807) is 0 Å². The number of rotatable bonds is 4. The molecule has 1 saturated carbocycles. The third-order valence-electron chi connectivity index (χ3n) is 6.02. The van der Waals surface area contributed by atoms with E-state index in [1.807, 2.05) is 61.0 Å². The molecule has 4 aromatic rings. The van der Waals surface area contributed by atoms with Gasteiger partial charge in [-0.1, -0.05) is 61.4 Å². The minimum atomic E-state index is -5.84. The number of nitrogens with zero attached hydrogens (tertiary/aromatic N) is 4. The SMILES string of the molecule is C(=NC1CCCCC1N=Cc1ccc2ccccc2n1)c1ccc2ccccc2n1.O=S(=O)(O)C(F)(F)F.[CH3-].[Cu+]. The Morgan fingerprint density at radius 1 is 0.750 bits per heavy atom. The van der Waals surface area contributed by atoms with Gasteiger partial charge in [-0.25, -0.2) is 9.97 Å². The maximum Gasteiger partial charge on any atom is 1.00 e. The summed E-state index contributed by atoms with van der Waals surface area (Å²) >= 11 is 0. The van der Waals surface area contributed by atoms with Crippen molar-refractivity contribution in [1.82, 2.24) is 9.97 Å². The molecular formula is C28H28CuF3N4O3S. The fraction of sp³-hybridized carbons (Fsp3) is 0.250. The van der Waals surface area contributed by atoms with E-state index in [-0.39, 0.29) is 36.6 Å². The van der Waals surface area contributed by atoms with E-state index in [0.29, 0.717) is 0 Å². The van der Waals surface area contributed by atoms with Gasteiger partial charge in [0, 0.05) is 23.2 Å². The second-order valence-electron chi connectivity index (χ2n) is 8.75. The predicted octanol–water partition coefficient (Wildman–Crippen LogP) is 6.47. The van der Waals surface area contributed by atoms with E-state index < -0.39 is 15.6 Å². The van der Waals surface area contributed by atoms with Gasteiger partial charge in [0.15, 0.2) is 0 Å². The molecule has 0 spiro atoms. The van der Waals surface area contributed by atoms with Crippen LogP contribution in [0.15, 0.2) is 82.8 Å². The molecule has 40 heavy (non-hydrogen) atoms. The Kier molecular flexibility index (Phi) is 11.9. The van der Waals surface area contributed by atoms with Crippen LogP contribution in [0, 0.1) is 7.43 Å². The van der Waals surface area contributed by atoms with Gasteiger partial charge in [-0.2, -0.15) is 21.6 Å². The van der Waals surface area contributed by atoms with Crippen LogP contribution in [0.4, 0.5) is 13.2 Å². The van der Waals surface area contributed by atoms with Crippen molar-refractivity contribution < 1.29 is 43.2 Å². The molecule has 0 bridgehead atoms. The molecule has 1 N–H and O–H groups in total. The molecule has 2 unspecified atom stereocenters. The standard InChI is InChI=1S/C26H24N4.CHF3O3S.CH3.Cu/c1-3-9-23-19(7-1)13-15-21(29-23)17-27-25-11-5-6-12-26(25)28-18-22-16-14-20-8-2-4-10-24(20)30-22;2-1(3,4)8(5,6)7;;/h1-4,7-10,13-18,25-26H,5-6,11-12H2;(H,5,6,7);1H3;/q;;-1;+1. The van der Waals surface area contributed by atoms with Gasteiger partial charge >= 0.3 is 32.7 Å². The van der Waals surface area contributed by atoms with Gasteiger partial charge in [0.05, 0.1) is 34.5 Å². The Bertz CT molecular complexity index is 1480. The van der Waals surface area contributed by atoms with Crippen molar-refractivity contribution in [2.24, 2.45) is 9.98 Å². The maximum atomic E-state index is 10.7. The quantitative estimate of drug-likeness (QED) is 0.0925. The second kappa shape index (κ2) is 14.5. The molecule has 0 amide bonds. The molecule has 12 heteroatoms. The predicted molar refractivity (Wildman–Crippen MR) is 149 cm³/mol. The van der Waals surface area contributed by atoms with Crippen molar-refractivity contribution in [2.45, 2.75) is 43.3 Å². The molecule has 2 aromatic carbocycles. The summed E-state index contributed by atoms with van der Waals surface area (Å²) < 4.78 is 57.5. The van der Waals surface area contributed by atoms with Gasteiger partial charge in [-0.05, 0) is 37.1 Å². The van der Waals surface area contributed by atoms with Crippen LogP contribution in [-0.2, 0) is 27.2 Å². The van der Waals surface area contributed by atoms with Gasteiger partial charge in [-0.3, -0.25) is 14.5 Å². The molecule has 0 radical (unpaired) electrons. The van der Waals surface area contributed by atoms with Crippen LogP contribution in [0.5, 0.6) is 0 Å². The molecule has 2 heterocycles. The maximum absolute atomic E-state index is 10.7. The van der Waals surface area contributed by atoms with Crippen molar-refractivity contribution in [2.75, 3.05) is 0 Å². The van der Waals surface area contributed by atoms with E-state index in [9.17, 15) is 13.2 Å². The van der Waals surface area contributed by atoms with E-state index >= 15 is 0 Å². The average molecular weight is 621 g/mol. The van der Waals surface area contributed by atoms with Gasteiger partial charge in [0.1, 0.15) is 0 Å². The van der Waals surface area contributed by atoms with Gasteiger partial charge < -0.3 is 7.43 Å². The Morgan fingerprint density at radius 3 is 1.50 bits per heavy atom. The number of hydrogen-bond acceptors (Lipinski definition) is 6. The van der Waals surface area contributed by atoms with Crippen LogP contribution in [0.2, 0.25) is 0 Å². The molecule has 7 nitrogen and oxygen atoms in total. The number of benzene rings is 2. The van der Waals surface area contributed by atoms with Crippen molar-refractivity contribution >= 4 is 44.4 Å². The van der Waals surface area contributed by atoms with E-state index in [4.69, 9.17) is 32.9 Å². The van der Waals surface area contributed by atoms with Crippen molar-refractivity contribution in [3.05, 3.63) is 91.6 Å². The summed E-state index contributed by atoms with van der Waals surface area (Å²) in [7, 11) is -5.84. The fourth-order valence-corrected chi connectivity index (χ4v) is 4.09. The first-order chi connectivity index (χ1) is 18.1. The van der Waals surface area contributed by atoms with Crippen LogP contribution < -0.4 is 0 Å². The minimum absolute atomic E-state index is 0. The summed E-state index contributed by atoms with van der Waals surface area (Å²) in [5.41, 5.74) is -1.73. The molecule has 0 aliphatic heterocycles. The van der Waals surface area contributed by atoms with E-state index in [2.05, 4.69) is 24.3 Å². The summed E-state index contributed by atoms with van der Waals surface area (Å²) in [5.74, 6) is 0. The van der Waals surface area contributed by atoms with Crippen LogP contribution in [0.3, 0.4) is 0 Å². The first-order valence-electron chi connectivity index (χ1n) is 11.9. The molecular weight excluding hydrogens is 593 g/mol. The number of alkyl halides is 3. The molecule has 2 aromatic heterocycles. The summed E-state index contributed by atoms with van der Waals surface area (Å²) in [5, 5.41) is 2.30. The zero-order chi connectivity index (χ0) is 27.2. The number of aliphatic imine (C=N–C) groups is 2. The third-order valence-corrected chi connectivity index (χ3v) is 6.61. The molecule has 2 atom stereocenters. The normalized spacial score (nSPS) is 17.7. The molecule has 1 aliphatic rings. The first-order valence-corrected chi connectivity index (χ1v) is 13.4. The number of para-hydroxylation sites is 2. The minimum Gasteiger partial charge on any atom is -0.358 e. The monoisotopic (exact) mass is 620 g/mol. The largest absolute Gasteiger partial charge is 1.00 e. The summed E-state index contributed by atoms with van der Waals surface area (Å²) in [6.45, 7) is 0. The molecule has 5 rings (SSSR count). The summed E-state index contributed by atoms with van der Waals surface area (Å²) in [6.07, 6.45) is 8.37. The van der Waals surface area contributed by atoms with Crippen molar-refractivity contribution in [3.8, 4) is 0 Å². The van der Waals surface area contributed by atoms with Gasteiger partial charge in [0.25, 0.3) is 0 Å². The van der Waals surface area contributed by atoms with Crippen LogP contribution in [0.25, 0.3) is 21.8 Å². The fourth-order valence-electron chi connectivity index (χ4n) is 4.09. The molecule has 1 fully saturated rings. The van der Waals surface area contributed by atoms with Crippen LogP contribution >= 0.6 is 0 Å². The number of pyridine rings is 2. The van der Waals surface area contributed by atoms with Crippen molar-refractivity contribution in [3.63, 3.8) is 0 Å². The molecule has 1 aliphatic carbocycles. The average Bonchev–Trinajstić information content (AvgIpc) is 2.90. The number of halogens is 3. The number of fused-ring (bicyclic) bond motifs is 2. The first kappa shape index (κ1) is 33.0. The molecule has 216 valence electrons. The number of aromatic nitrogens is 2. The zero-order valence-corrected chi connectivity index (χ0v) is 23.2. The van der Waals surface area contributed by atoms with Crippen LogP contribution in [0.1, 0.15) is 37.1 Å². The Morgan fingerprint density at radius 2 is 1.12 bits per heavy atom. The van der Waals surface area contributed by atoms with Crippen molar-refractivity contribution in [1.29, 1.82) is 0 Å².